The van der Waals surface area contributed by atoms with Crippen LogP contribution in [0.2, 0.25) is 0 Å². The van der Waals surface area contributed by atoms with E-state index in [0.717, 1.165) is 6.07 Å². The number of nitrogens with one attached hydrogen (secondary N) is 1. The molecule has 1 aromatic rings. The zero-order chi connectivity index (χ0) is 21.1. The van der Waals surface area contributed by atoms with Gasteiger partial charge in [0.25, 0.3) is 0 Å². The van der Waals surface area contributed by atoms with Gasteiger partial charge in [0.1, 0.15) is 17.1 Å². The summed E-state index contributed by atoms with van der Waals surface area (Å²) in [6.07, 6.45) is 0.367. The van der Waals surface area contributed by atoms with Crippen LogP contribution >= 0.6 is 0 Å². The van der Waals surface area contributed by atoms with E-state index in [0.29, 0.717) is 5.56 Å². The summed E-state index contributed by atoms with van der Waals surface area (Å²) in [5, 5.41) is 12.7. The third-order valence-corrected chi connectivity index (χ3v) is 4.08. The second-order valence-corrected chi connectivity index (χ2v) is 7.38. The van der Waals surface area contributed by atoms with Crippen molar-refractivity contribution in [2.75, 3.05) is 6.79 Å². The lowest BCUT2D eigenvalue weighted by atomic mass is 9.72. The Balaban J connectivity index is 2.14. The van der Waals surface area contributed by atoms with Crippen LogP contribution < -0.4 is 9.97 Å². The SMILES string of the molecule is CCC(=O)N[C@H]1Cc2ccc(F)c(C(=O)OCOC(=O)C(C)(C)C)c2OB1O. The Morgan fingerprint density at radius 2 is 2.00 bits per heavy atom. The highest BCUT2D eigenvalue weighted by atomic mass is 19.1. The van der Waals surface area contributed by atoms with Crippen LogP contribution in [0.4, 0.5) is 4.39 Å². The topological polar surface area (TPSA) is 111 Å². The number of ether oxygens (including phenoxy) is 2. The second-order valence-electron chi connectivity index (χ2n) is 7.38. The highest BCUT2D eigenvalue weighted by Gasteiger charge is 2.39. The molecule has 0 spiro atoms. The van der Waals surface area contributed by atoms with Crippen LogP contribution in [0, 0.1) is 11.2 Å². The molecule has 1 aliphatic rings. The first-order valence-corrected chi connectivity index (χ1v) is 8.84. The Bertz CT molecular complexity index is 778. The van der Waals surface area contributed by atoms with Gasteiger partial charge in [0.05, 0.1) is 11.4 Å². The summed E-state index contributed by atoms with van der Waals surface area (Å²) in [4.78, 5) is 35.5. The van der Waals surface area contributed by atoms with E-state index in [1.165, 1.54) is 6.07 Å². The first kappa shape index (κ1) is 21.7. The second kappa shape index (κ2) is 8.60. The predicted octanol–water partition coefficient (Wildman–Crippen LogP) is 1.38. The van der Waals surface area contributed by atoms with Gasteiger partial charge in [0.15, 0.2) is 0 Å². The van der Waals surface area contributed by atoms with Crippen LogP contribution in [0.3, 0.4) is 0 Å². The average molecular weight is 395 g/mol. The molecule has 0 saturated carbocycles. The van der Waals surface area contributed by atoms with Crippen molar-refractivity contribution >= 4 is 25.0 Å². The molecule has 1 aliphatic heterocycles. The number of fused-ring (bicyclic) bond motifs is 1. The van der Waals surface area contributed by atoms with Gasteiger partial charge < -0.3 is 24.5 Å². The largest absolute Gasteiger partial charge is 0.547 e. The summed E-state index contributed by atoms with van der Waals surface area (Å²) in [5.74, 6) is -3.77. The van der Waals surface area contributed by atoms with Crippen molar-refractivity contribution in [2.24, 2.45) is 5.41 Å². The first-order valence-electron chi connectivity index (χ1n) is 8.84. The molecule has 0 bridgehead atoms. The monoisotopic (exact) mass is 395 g/mol. The van der Waals surface area contributed by atoms with Crippen LogP contribution in [0.5, 0.6) is 5.75 Å². The van der Waals surface area contributed by atoms with Crippen LogP contribution in [0.25, 0.3) is 0 Å². The van der Waals surface area contributed by atoms with Gasteiger partial charge >= 0.3 is 19.1 Å². The lowest BCUT2D eigenvalue weighted by molar-refractivity contribution is -0.161. The lowest BCUT2D eigenvalue weighted by Gasteiger charge is -2.29. The summed E-state index contributed by atoms with van der Waals surface area (Å²) in [6.45, 7) is 5.87. The number of rotatable bonds is 5. The molecule has 0 aromatic heterocycles. The molecule has 0 radical (unpaired) electrons. The Morgan fingerprint density at radius 1 is 1.32 bits per heavy atom. The minimum absolute atomic E-state index is 0.141. The molecule has 1 aromatic carbocycles. The molecule has 1 atom stereocenters. The Hall–Kier alpha value is -2.62. The quantitative estimate of drug-likeness (QED) is 0.440. The minimum atomic E-state index is -1.46. The number of hydrogen-bond acceptors (Lipinski definition) is 7. The Kier molecular flexibility index (Phi) is 6.66. The molecule has 0 aliphatic carbocycles. The van der Waals surface area contributed by atoms with Crippen molar-refractivity contribution in [2.45, 2.75) is 46.5 Å². The molecule has 2 N–H and O–H groups in total. The zero-order valence-corrected chi connectivity index (χ0v) is 16.2. The predicted molar refractivity (Wildman–Crippen MR) is 96.8 cm³/mol. The first-order chi connectivity index (χ1) is 13.0. The number of carbonyl (C=O) groups is 3. The number of halogens is 1. The fourth-order valence-corrected chi connectivity index (χ4v) is 2.48. The number of benzene rings is 1. The molecule has 0 unspecified atom stereocenters. The van der Waals surface area contributed by atoms with Crippen molar-refractivity contribution in [3.8, 4) is 5.75 Å². The maximum atomic E-state index is 14.3. The number of esters is 2. The molecule has 8 nitrogen and oxygen atoms in total. The summed E-state index contributed by atoms with van der Waals surface area (Å²) in [6, 6.07) is 2.47. The molecule has 152 valence electrons. The van der Waals surface area contributed by atoms with Gasteiger partial charge in [-0.3, -0.25) is 9.59 Å². The normalized spacial score (nSPS) is 15.9. The van der Waals surface area contributed by atoms with Crippen LogP contribution in [0.1, 0.15) is 50.0 Å². The Morgan fingerprint density at radius 3 is 2.61 bits per heavy atom. The maximum Gasteiger partial charge on any atom is 0.547 e. The number of hydrogen-bond donors (Lipinski definition) is 2. The van der Waals surface area contributed by atoms with Gasteiger partial charge in [0.2, 0.25) is 12.7 Å². The zero-order valence-electron chi connectivity index (χ0n) is 16.2. The van der Waals surface area contributed by atoms with Crippen LogP contribution in [-0.4, -0.2) is 42.7 Å². The van der Waals surface area contributed by atoms with Gasteiger partial charge in [-0.25, -0.2) is 9.18 Å². The third-order valence-electron chi connectivity index (χ3n) is 4.08. The van der Waals surface area contributed by atoms with E-state index in [1.807, 2.05) is 0 Å². The van der Waals surface area contributed by atoms with Gasteiger partial charge in [-0.2, -0.15) is 0 Å². The summed E-state index contributed by atoms with van der Waals surface area (Å²) in [5.41, 5.74) is -0.871. The van der Waals surface area contributed by atoms with Gasteiger partial charge in [-0.05, 0) is 38.8 Å². The standard InChI is InChI=1S/C18H23BFNO7/c1-5-13(22)21-12-8-10-6-7-11(20)14(15(10)28-19(12)25)16(23)26-9-27-17(24)18(2,3)4/h6-7,12,25H,5,8-9H2,1-4H3,(H,21,22)/t12-/m0/s1. The van der Waals surface area contributed by atoms with Gasteiger partial charge in [-0.15, -0.1) is 0 Å². The van der Waals surface area contributed by atoms with Crippen molar-refractivity contribution in [1.82, 2.24) is 5.32 Å². The Labute approximate surface area is 162 Å². The van der Waals surface area contributed by atoms with E-state index in [-0.39, 0.29) is 24.5 Å². The molecule has 1 heterocycles. The van der Waals surface area contributed by atoms with E-state index in [2.05, 4.69) is 5.32 Å². The average Bonchev–Trinajstić information content (AvgIpc) is 2.61. The number of amides is 1. The third kappa shape index (κ3) is 5.01. The van der Waals surface area contributed by atoms with E-state index < -0.39 is 48.6 Å². The molecular weight excluding hydrogens is 372 g/mol. The van der Waals surface area contributed by atoms with Gasteiger partial charge in [-0.1, -0.05) is 13.0 Å². The maximum absolute atomic E-state index is 14.3. The molecular formula is C18H23BFNO7. The fourth-order valence-electron chi connectivity index (χ4n) is 2.48. The fraction of sp³-hybridized carbons (Fsp3) is 0.500. The lowest BCUT2D eigenvalue weighted by Crippen LogP contribution is -2.53. The smallest absolute Gasteiger partial charge is 0.534 e. The molecule has 0 fully saturated rings. The van der Waals surface area contributed by atoms with Crippen molar-refractivity contribution < 1.29 is 37.9 Å². The molecule has 10 heteroatoms. The van der Waals surface area contributed by atoms with Crippen molar-refractivity contribution in [3.05, 3.63) is 29.1 Å². The van der Waals surface area contributed by atoms with Crippen LogP contribution in [0.15, 0.2) is 12.1 Å². The highest BCUT2D eigenvalue weighted by Crippen LogP contribution is 2.32. The van der Waals surface area contributed by atoms with Crippen LogP contribution in [-0.2, 0) is 25.5 Å². The molecule has 0 saturated heterocycles. The van der Waals surface area contributed by atoms with Crippen molar-refractivity contribution in [3.63, 3.8) is 0 Å². The highest BCUT2D eigenvalue weighted by molar-refractivity contribution is 6.47. The summed E-state index contributed by atoms with van der Waals surface area (Å²) in [7, 11) is -1.46. The summed E-state index contributed by atoms with van der Waals surface area (Å²) >= 11 is 0. The minimum Gasteiger partial charge on any atom is -0.534 e. The van der Waals surface area contributed by atoms with E-state index in [4.69, 9.17) is 14.1 Å². The summed E-state index contributed by atoms with van der Waals surface area (Å²) < 4.78 is 29.2. The molecule has 28 heavy (non-hydrogen) atoms. The van der Waals surface area contributed by atoms with Crippen molar-refractivity contribution in [1.29, 1.82) is 0 Å². The van der Waals surface area contributed by atoms with E-state index >= 15 is 0 Å². The molecule has 2 rings (SSSR count). The number of carbonyl (C=O) groups excluding carboxylic acids is 3. The van der Waals surface area contributed by atoms with Gasteiger partial charge in [0, 0.05) is 6.42 Å². The van der Waals surface area contributed by atoms with E-state index in [9.17, 15) is 23.8 Å². The molecule has 1 amide bonds. The van der Waals surface area contributed by atoms with E-state index in [1.54, 1.807) is 27.7 Å².